The van der Waals surface area contributed by atoms with Crippen LogP contribution in [-0.2, 0) is 14.6 Å². The fourth-order valence-corrected chi connectivity index (χ4v) is 7.80. The number of likely N-dealkylation sites (tertiary alicyclic amines) is 1. The van der Waals surface area contributed by atoms with E-state index in [1.165, 1.54) is 0 Å². The minimum Gasteiger partial charge on any atom is -0.349 e. The number of sulfone groups is 1. The van der Waals surface area contributed by atoms with E-state index >= 15 is 0 Å². The number of benzene rings is 2. The first-order chi connectivity index (χ1) is 16.2. The average Bonchev–Trinajstić information content (AvgIpc) is 3.33. The number of hydrogen-bond donors (Lipinski definition) is 1. The molecule has 182 valence electrons. The summed E-state index contributed by atoms with van der Waals surface area (Å²) in [7, 11) is -3.84. The molecule has 2 aromatic rings. The lowest BCUT2D eigenvalue weighted by Gasteiger charge is -2.38. The molecular weight excluding hydrogens is 448 g/mol. The maximum absolute atomic E-state index is 13.9. The molecular formula is C27H34N2O4S. The Morgan fingerprint density at radius 2 is 1.59 bits per heavy atom. The Labute approximate surface area is 202 Å². The fraction of sp³-hybridized carbons (Fsp3) is 0.481. The number of nitrogens with one attached hydrogen (secondary N) is 1. The first kappa shape index (κ1) is 24.5. The van der Waals surface area contributed by atoms with E-state index in [1.807, 2.05) is 50.2 Å². The van der Waals surface area contributed by atoms with Crippen molar-refractivity contribution < 1.29 is 18.0 Å². The van der Waals surface area contributed by atoms with Gasteiger partial charge in [0.15, 0.2) is 14.6 Å². The zero-order valence-corrected chi connectivity index (χ0v) is 21.1. The van der Waals surface area contributed by atoms with Gasteiger partial charge in [-0.15, -0.1) is 0 Å². The predicted molar refractivity (Wildman–Crippen MR) is 133 cm³/mol. The summed E-state index contributed by atoms with van der Waals surface area (Å²) in [6.07, 6.45) is 3.43. The smallest absolute Gasteiger partial charge is 0.251 e. The van der Waals surface area contributed by atoms with Crippen molar-refractivity contribution in [1.82, 2.24) is 10.2 Å². The highest BCUT2D eigenvalue weighted by atomic mass is 32.2. The number of carbonyl (C=O) groups excluding carboxylic acids is 2. The van der Waals surface area contributed by atoms with Crippen LogP contribution >= 0.6 is 0 Å². The van der Waals surface area contributed by atoms with Crippen molar-refractivity contribution in [1.29, 1.82) is 0 Å². The Bertz CT molecular complexity index is 1190. The quantitative estimate of drug-likeness (QED) is 0.695. The van der Waals surface area contributed by atoms with Crippen molar-refractivity contribution in [2.75, 3.05) is 13.1 Å². The summed E-state index contributed by atoms with van der Waals surface area (Å²) in [6, 6.07) is 12.9. The van der Waals surface area contributed by atoms with Crippen molar-refractivity contribution in [3.05, 3.63) is 64.7 Å². The maximum Gasteiger partial charge on any atom is 0.251 e. The molecule has 0 bridgehead atoms. The molecule has 1 aliphatic heterocycles. The zero-order valence-electron chi connectivity index (χ0n) is 20.3. The number of rotatable bonds is 5. The number of hydrogen-bond acceptors (Lipinski definition) is 4. The second kappa shape index (κ2) is 9.53. The molecule has 1 saturated heterocycles. The third-order valence-electron chi connectivity index (χ3n) is 7.46. The molecule has 2 amide bonds. The Morgan fingerprint density at radius 3 is 2.24 bits per heavy atom. The Balaban J connectivity index is 1.49. The van der Waals surface area contributed by atoms with Crippen LogP contribution in [0.3, 0.4) is 0 Å². The highest BCUT2D eigenvalue weighted by Gasteiger charge is 2.55. The lowest BCUT2D eigenvalue weighted by atomic mass is 9.99. The molecule has 6 nitrogen and oxygen atoms in total. The Hall–Kier alpha value is -2.67. The fourth-order valence-electron chi connectivity index (χ4n) is 5.36. The van der Waals surface area contributed by atoms with Crippen LogP contribution in [-0.4, -0.2) is 49.0 Å². The molecule has 1 aliphatic carbocycles. The number of amides is 2. The monoisotopic (exact) mass is 482 g/mol. The summed E-state index contributed by atoms with van der Waals surface area (Å²) in [6.45, 7) is 6.47. The van der Waals surface area contributed by atoms with Gasteiger partial charge in [0.2, 0.25) is 5.91 Å². The largest absolute Gasteiger partial charge is 0.349 e. The van der Waals surface area contributed by atoms with E-state index in [0.29, 0.717) is 49.9 Å². The molecule has 2 aromatic carbocycles. The Kier molecular flexibility index (Phi) is 6.85. The van der Waals surface area contributed by atoms with Gasteiger partial charge >= 0.3 is 0 Å². The van der Waals surface area contributed by atoms with Gasteiger partial charge in [0, 0.05) is 24.7 Å². The van der Waals surface area contributed by atoms with Crippen molar-refractivity contribution in [3.63, 3.8) is 0 Å². The molecule has 0 atom stereocenters. The van der Waals surface area contributed by atoms with E-state index in [-0.39, 0.29) is 22.8 Å². The molecule has 1 saturated carbocycles. The number of carbonyl (C=O) groups is 2. The van der Waals surface area contributed by atoms with E-state index in [0.717, 1.165) is 24.0 Å². The normalized spacial score (nSPS) is 18.6. The molecule has 4 rings (SSSR count). The first-order valence-corrected chi connectivity index (χ1v) is 13.6. The van der Waals surface area contributed by atoms with Gasteiger partial charge in [-0.3, -0.25) is 9.59 Å². The highest BCUT2D eigenvalue weighted by Crippen LogP contribution is 2.43. The van der Waals surface area contributed by atoms with Crippen LogP contribution < -0.4 is 5.32 Å². The van der Waals surface area contributed by atoms with E-state index in [2.05, 4.69) is 5.32 Å². The maximum atomic E-state index is 13.9. The predicted octanol–water partition coefficient (Wildman–Crippen LogP) is 4.12. The van der Waals surface area contributed by atoms with Gasteiger partial charge in [-0.1, -0.05) is 43.2 Å². The third-order valence-corrected chi connectivity index (χ3v) is 10.1. The second-order valence-electron chi connectivity index (χ2n) is 9.83. The summed E-state index contributed by atoms with van der Waals surface area (Å²) >= 11 is 0. The molecule has 0 radical (unpaired) electrons. The molecule has 0 unspecified atom stereocenters. The van der Waals surface area contributed by atoms with E-state index < -0.39 is 14.6 Å². The van der Waals surface area contributed by atoms with Crippen molar-refractivity contribution in [3.8, 4) is 0 Å². The summed E-state index contributed by atoms with van der Waals surface area (Å²) in [5, 5.41) is 3.09. The van der Waals surface area contributed by atoms with Gasteiger partial charge in [-0.25, -0.2) is 8.42 Å². The van der Waals surface area contributed by atoms with Gasteiger partial charge in [0.1, 0.15) is 0 Å². The first-order valence-electron chi connectivity index (χ1n) is 12.1. The lowest BCUT2D eigenvalue weighted by Crippen LogP contribution is -2.56. The number of nitrogens with zero attached hydrogens (tertiary/aromatic N) is 1. The third kappa shape index (κ3) is 4.38. The van der Waals surface area contributed by atoms with Gasteiger partial charge in [0.05, 0.1) is 4.90 Å². The van der Waals surface area contributed by atoms with E-state index in [4.69, 9.17) is 0 Å². The summed E-state index contributed by atoms with van der Waals surface area (Å²) in [5.41, 5.74) is 3.13. The summed E-state index contributed by atoms with van der Waals surface area (Å²) in [5.74, 6) is -0.373. The summed E-state index contributed by atoms with van der Waals surface area (Å²) < 4.78 is 26.4. The second-order valence-corrected chi connectivity index (χ2v) is 12.1. The number of aryl methyl sites for hydroxylation is 3. The molecule has 0 spiro atoms. The van der Waals surface area contributed by atoms with E-state index in [1.54, 1.807) is 17.9 Å². The zero-order chi connectivity index (χ0) is 24.5. The minimum atomic E-state index is -3.84. The van der Waals surface area contributed by atoms with Crippen LogP contribution in [0.2, 0.25) is 0 Å². The van der Waals surface area contributed by atoms with Crippen LogP contribution in [0.5, 0.6) is 0 Å². The van der Waals surface area contributed by atoms with Crippen molar-refractivity contribution in [2.45, 2.75) is 75.0 Å². The van der Waals surface area contributed by atoms with Gasteiger partial charge in [0.25, 0.3) is 5.91 Å². The van der Waals surface area contributed by atoms with E-state index in [9.17, 15) is 18.0 Å². The topological polar surface area (TPSA) is 83.6 Å². The molecule has 1 heterocycles. The van der Waals surface area contributed by atoms with Crippen LogP contribution in [0.1, 0.15) is 65.6 Å². The molecule has 34 heavy (non-hydrogen) atoms. The van der Waals surface area contributed by atoms with Crippen LogP contribution in [0.4, 0.5) is 0 Å². The van der Waals surface area contributed by atoms with Crippen molar-refractivity contribution >= 4 is 21.7 Å². The average molecular weight is 483 g/mol. The molecule has 1 N–H and O–H groups in total. The lowest BCUT2D eigenvalue weighted by molar-refractivity contribution is -0.135. The van der Waals surface area contributed by atoms with Crippen molar-refractivity contribution in [2.24, 2.45) is 0 Å². The standard InChI is InChI=1S/C27H34N2O4S/c1-19-10-11-21(3)24(18-19)34(32,33)27(14-6-7-15-27)26(31)29-16-12-22(13-17-29)28-25(30)23-9-5-4-8-20(23)2/h4-5,8-11,18,22H,6-7,12-17H2,1-3H3,(H,28,30). The molecule has 0 aromatic heterocycles. The van der Waals surface area contributed by atoms with Gasteiger partial charge in [-0.05, 0) is 75.3 Å². The van der Waals surface area contributed by atoms with Gasteiger partial charge in [-0.2, -0.15) is 0 Å². The molecule has 7 heteroatoms. The van der Waals surface area contributed by atoms with Gasteiger partial charge < -0.3 is 10.2 Å². The SMILES string of the molecule is Cc1ccc(C)c(S(=O)(=O)C2(C(=O)N3CCC(NC(=O)c4ccccc4C)CC3)CCCC2)c1. The number of piperidine rings is 1. The molecule has 2 fully saturated rings. The highest BCUT2D eigenvalue weighted by molar-refractivity contribution is 7.93. The summed E-state index contributed by atoms with van der Waals surface area (Å²) in [4.78, 5) is 28.5. The van der Waals surface area contributed by atoms with Crippen LogP contribution in [0.25, 0.3) is 0 Å². The minimum absolute atomic E-state index is 0.0358. The molecule has 2 aliphatic rings. The Morgan fingerprint density at radius 1 is 0.941 bits per heavy atom. The van der Waals surface area contributed by atoms with Crippen LogP contribution in [0, 0.1) is 20.8 Å². The van der Waals surface area contributed by atoms with Crippen LogP contribution in [0.15, 0.2) is 47.4 Å².